The number of rotatable bonds is 5. The Bertz CT molecular complexity index is 2390. The van der Waals surface area contributed by atoms with Gasteiger partial charge in [-0.15, -0.1) is 0 Å². The quantitative estimate of drug-likeness (QED) is 0.212. The monoisotopic (exact) mass is 652 g/mol. The minimum absolute atomic E-state index is 0.141. The number of aromatic nitrogens is 2. The van der Waals surface area contributed by atoms with Crippen LogP contribution in [0.2, 0.25) is 0 Å². The number of carbonyl (C=O) groups is 1. The first-order chi connectivity index (χ1) is 22.5. The van der Waals surface area contributed by atoms with Crippen molar-refractivity contribution in [2.24, 2.45) is 0 Å². The number of hydrogen-bond donors (Lipinski definition) is 1. The lowest BCUT2D eigenvalue weighted by molar-refractivity contribution is 0.0964. The Morgan fingerprint density at radius 2 is 1.79 bits per heavy atom. The van der Waals surface area contributed by atoms with Gasteiger partial charge in [-0.1, -0.05) is 12.1 Å². The third kappa shape index (κ3) is 4.40. The fourth-order valence-electron chi connectivity index (χ4n) is 7.23. The molecule has 6 aromatic rings. The molecule has 0 saturated heterocycles. The molecule has 47 heavy (non-hydrogen) atoms. The number of halogens is 2. The minimum atomic E-state index is -3.74. The average molecular weight is 653 g/mol. The average Bonchev–Trinajstić information content (AvgIpc) is 3.62. The summed E-state index contributed by atoms with van der Waals surface area (Å²) in [6.45, 7) is 0. The number of amides is 1. The third-order valence-corrected chi connectivity index (χ3v) is 11.0. The first-order valence-corrected chi connectivity index (χ1v) is 17.2. The Morgan fingerprint density at radius 3 is 2.47 bits per heavy atom. The summed E-state index contributed by atoms with van der Waals surface area (Å²) in [5, 5.41) is 3.64. The second-order valence-corrected chi connectivity index (χ2v) is 14.5. The smallest absolute Gasteiger partial charge is 0.255 e. The van der Waals surface area contributed by atoms with E-state index in [-0.39, 0.29) is 28.3 Å². The number of anilines is 1. The minimum Gasteiger partial charge on any atom is -0.455 e. The van der Waals surface area contributed by atoms with Crippen LogP contribution in [-0.2, 0) is 22.0 Å². The van der Waals surface area contributed by atoms with Crippen LogP contribution in [0.25, 0.3) is 55.8 Å². The molecule has 0 bridgehead atoms. The Morgan fingerprint density at radius 1 is 1.02 bits per heavy atom. The summed E-state index contributed by atoms with van der Waals surface area (Å²) < 4.78 is 64.3. The molecule has 2 aliphatic rings. The van der Waals surface area contributed by atoms with Crippen LogP contribution in [0.15, 0.2) is 77.2 Å². The summed E-state index contributed by atoms with van der Waals surface area (Å²) in [7, 11) is -0.787. The highest BCUT2D eigenvalue weighted by Crippen LogP contribution is 2.52. The molecule has 1 aliphatic carbocycles. The van der Waals surface area contributed by atoms with Crippen LogP contribution in [0, 0.1) is 11.6 Å². The van der Waals surface area contributed by atoms with Crippen molar-refractivity contribution in [2.45, 2.75) is 31.2 Å². The second-order valence-electron chi connectivity index (χ2n) is 12.5. The van der Waals surface area contributed by atoms with Crippen LogP contribution in [0.1, 0.15) is 35.2 Å². The summed E-state index contributed by atoms with van der Waals surface area (Å²) in [6.07, 6.45) is 4.92. The first-order valence-electron chi connectivity index (χ1n) is 15.3. The largest absolute Gasteiger partial charge is 0.455 e. The van der Waals surface area contributed by atoms with E-state index in [4.69, 9.17) is 9.40 Å². The van der Waals surface area contributed by atoms with Crippen molar-refractivity contribution in [2.75, 3.05) is 24.7 Å². The van der Waals surface area contributed by atoms with Gasteiger partial charge >= 0.3 is 0 Å². The highest BCUT2D eigenvalue weighted by molar-refractivity contribution is 7.92. The van der Waals surface area contributed by atoms with Gasteiger partial charge in [-0.05, 0) is 85.8 Å². The van der Waals surface area contributed by atoms with E-state index in [1.807, 2.05) is 24.3 Å². The van der Waals surface area contributed by atoms with Gasteiger partial charge in [0.15, 0.2) is 0 Å². The maximum Gasteiger partial charge on any atom is 0.255 e. The number of hydrogen-bond acceptors (Lipinski definition) is 5. The lowest BCUT2D eigenvalue weighted by atomic mass is 9.70. The van der Waals surface area contributed by atoms with Gasteiger partial charge < -0.3 is 14.3 Å². The van der Waals surface area contributed by atoms with Crippen molar-refractivity contribution in [1.29, 1.82) is 0 Å². The number of benzene rings is 3. The predicted octanol–water partition coefficient (Wildman–Crippen LogP) is 7.25. The topological polar surface area (TPSA) is 97.4 Å². The Labute approximate surface area is 269 Å². The van der Waals surface area contributed by atoms with Gasteiger partial charge in [-0.3, -0.25) is 9.10 Å². The number of fused-ring (bicyclic) bond motifs is 7. The molecule has 1 amide bonds. The van der Waals surface area contributed by atoms with Crippen LogP contribution in [0.3, 0.4) is 0 Å². The van der Waals surface area contributed by atoms with E-state index in [2.05, 4.69) is 9.88 Å². The standard InChI is InChI=1S/C36H30F2N4O4S/c1-39-35(43)32-25-16-24(29(41(2)47(3,44)45)18-31(25)46-34(32)20-8-11-22(37)12-9-20)27-13-10-21-19-36(14-5-15-36)42-28-7-4-6-26(38)23(28)17-30(42)33(21)40-27/h4,6-13,16-18H,5,14-15,19H2,1-3H3,(H,39,43). The van der Waals surface area contributed by atoms with Crippen molar-refractivity contribution in [3.63, 3.8) is 0 Å². The molecule has 1 aliphatic heterocycles. The number of pyridine rings is 1. The number of nitrogens with one attached hydrogen (secondary N) is 1. The van der Waals surface area contributed by atoms with Gasteiger partial charge in [0, 0.05) is 47.6 Å². The van der Waals surface area contributed by atoms with Crippen molar-refractivity contribution in [3.8, 4) is 34.0 Å². The molecule has 8 nitrogen and oxygen atoms in total. The molecule has 3 aromatic carbocycles. The van der Waals surface area contributed by atoms with E-state index in [1.165, 1.54) is 44.4 Å². The maximum atomic E-state index is 15.1. The van der Waals surface area contributed by atoms with Gasteiger partial charge in [-0.25, -0.2) is 22.2 Å². The highest BCUT2D eigenvalue weighted by Gasteiger charge is 2.45. The lowest BCUT2D eigenvalue weighted by Gasteiger charge is -2.48. The highest BCUT2D eigenvalue weighted by atomic mass is 32.2. The van der Waals surface area contributed by atoms with Crippen molar-refractivity contribution >= 4 is 43.5 Å². The van der Waals surface area contributed by atoms with E-state index >= 15 is 4.39 Å². The molecule has 0 unspecified atom stereocenters. The van der Waals surface area contributed by atoms with E-state index < -0.39 is 21.7 Å². The van der Waals surface area contributed by atoms with Crippen LogP contribution >= 0.6 is 0 Å². The van der Waals surface area contributed by atoms with E-state index in [0.717, 1.165) is 53.0 Å². The van der Waals surface area contributed by atoms with Crippen LogP contribution in [0.4, 0.5) is 14.5 Å². The zero-order valence-corrected chi connectivity index (χ0v) is 26.7. The van der Waals surface area contributed by atoms with Gasteiger partial charge in [0.2, 0.25) is 10.0 Å². The fraction of sp³-hybridized carbons (Fsp3) is 0.222. The molecule has 1 saturated carbocycles. The van der Waals surface area contributed by atoms with Gasteiger partial charge in [-0.2, -0.15) is 0 Å². The molecule has 1 N–H and O–H groups in total. The van der Waals surface area contributed by atoms with Crippen molar-refractivity contribution in [1.82, 2.24) is 14.9 Å². The fourth-order valence-corrected chi connectivity index (χ4v) is 7.74. The van der Waals surface area contributed by atoms with E-state index in [1.54, 1.807) is 18.2 Å². The Kier molecular flexibility index (Phi) is 6.40. The van der Waals surface area contributed by atoms with E-state index in [0.29, 0.717) is 39.0 Å². The summed E-state index contributed by atoms with van der Waals surface area (Å²) in [5.74, 6) is -0.930. The summed E-state index contributed by atoms with van der Waals surface area (Å²) in [6, 6.07) is 19.8. The normalized spacial score (nSPS) is 15.0. The van der Waals surface area contributed by atoms with E-state index in [9.17, 15) is 17.6 Å². The molecule has 238 valence electrons. The molecule has 1 spiro atoms. The number of carbonyl (C=O) groups excluding carboxylic acids is 1. The number of furan rings is 1. The predicted molar refractivity (Wildman–Crippen MR) is 178 cm³/mol. The van der Waals surface area contributed by atoms with Gasteiger partial charge in [0.25, 0.3) is 5.91 Å². The first kappa shape index (κ1) is 29.4. The molecule has 11 heteroatoms. The Balaban J connectivity index is 1.39. The maximum absolute atomic E-state index is 15.1. The van der Waals surface area contributed by atoms with Crippen molar-refractivity contribution < 1.29 is 26.4 Å². The molecule has 3 aromatic heterocycles. The second kappa shape index (κ2) is 10.2. The Hall–Kier alpha value is -5.03. The summed E-state index contributed by atoms with van der Waals surface area (Å²) in [4.78, 5) is 18.4. The SMILES string of the molecule is CNC(=O)c1c(-c2ccc(F)cc2)oc2cc(N(C)S(C)(=O)=O)c(-c3ccc4c(n3)-c3cc5c(F)cccc5n3C3(CCC3)C4)cc12. The van der Waals surface area contributed by atoms with Gasteiger partial charge in [0.05, 0.1) is 40.1 Å². The molecular formula is C36H30F2N4O4S. The lowest BCUT2D eigenvalue weighted by Crippen LogP contribution is -2.45. The summed E-state index contributed by atoms with van der Waals surface area (Å²) >= 11 is 0. The van der Waals surface area contributed by atoms with Crippen LogP contribution in [0.5, 0.6) is 0 Å². The molecule has 4 heterocycles. The summed E-state index contributed by atoms with van der Waals surface area (Å²) in [5.41, 5.74) is 5.47. The molecular weight excluding hydrogens is 622 g/mol. The van der Waals surface area contributed by atoms with Gasteiger partial charge in [0.1, 0.15) is 23.0 Å². The zero-order valence-electron chi connectivity index (χ0n) is 25.9. The molecule has 1 fully saturated rings. The number of nitrogens with zero attached hydrogens (tertiary/aromatic N) is 3. The molecule has 8 rings (SSSR count). The zero-order chi connectivity index (χ0) is 32.8. The van der Waals surface area contributed by atoms with Crippen molar-refractivity contribution in [3.05, 3.63) is 95.6 Å². The third-order valence-electron chi connectivity index (χ3n) is 9.77. The number of sulfonamides is 1. The van der Waals surface area contributed by atoms with Crippen LogP contribution in [-0.4, -0.2) is 44.2 Å². The molecule has 0 radical (unpaired) electrons. The van der Waals surface area contributed by atoms with Crippen LogP contribution < -0.4 is 9.62 Å². The molecule has 0 atom stereocenters.